The minimum atomic E-state index is -1.16. The fourth-order valence-electron chi connectivity index (χ4n) is 0.734. The van der Waals surface area contributed by atoms with E-state index in [-0.39, 0.29) is 6.61 Å². The van der Waals surface area contributed by atoms with Crippen LogP contribution in [0.2, 0.25) is 0 Å². The number of rotatable bonds is 6. The number of ether oxygens (including phenoxy) is 1. The highest BCUT2D eigenvalue weighted by atomic mass is 16.5. The van der Waals surface area contributed by atoms with E-state index in [9.17, 15) is 9.59 Å². The molecule has 0 aromatic rings. The first-order chi connectivity index (χ1) is 6.52. The molecule has 0 rings (SSSR count). The van der Waals surface area contributed by atoms with Gasteiger partial charge in [0, 0.05) is 12.2 Å². The number of hydrogen-bond donors (Lipinski definition) is 1. The molecule has 0 bridgehead atoms. The van der Waals surface area contributed by atoms with Gasteiger partial charge < -0.3 is 9.84 Å². The van der Waals surface area contributed by atoms with E-state index >= 15 is 0 Å². The van der Waals surface area contributed by atoms with Crippen LogP contribution in [0.15, 0.2) is 24.3 Å². The first kappa shape index (κ1) is 12.4. The molecule has 0 unspecified atom stereocenters. The summed E-state index contributed by atoms with van der Waals surface area (Å²) in [5, 5.41) is 8.20. The van der Waals surface area contributed by atoms with Gasteiger partial charge in [0.1, 0.15) is 0 Å². The lowest BCUT2D eigenvalue weighted by Crippen LogP contribution is -2.03. The van der Waals surface area contributed by atoms with Crippen molar-refractivity contribution in [3.63, 3.8) is 0 Å². The highest BCUT2D eigenvalue weighted by Crippen LogP contribution is 2.00. The minimum absolute atomic E-state index is 0.287. The molecule has 78 valence electrons. The van der Waals surface area contributed by atoms with Crippen LogP contribution in [0.1, 0.15) is 19.8 Å². The number of carboxylic acid groups (broad SMARTS) is 1. The fourth-order valence-corrected chi connectivity index (χ4v) is 0.734. The van der Waals surface area contributed by atoms with E-state index in [1.807, 2.05) is 6.92 Å². The van der Waals surface area contributed by atoms with Crippen molar-refractivity contribution in [2.75, 3.05) is 6.61 Å². The highest BCUT2D eigenvalue weighted by Gasteiger charge is 1.97. The molecule has 1 N–H and O–H groups in total. The maximum absolute atomic E-state index is 10.8. The summed E-state index contributed by atoms with van der Waals surface area (Å²) in [6, 6.07) is 0. The Hall–Kier alpha value is -1.58. The Morgan fingerprint density at radius 2 is 2.07 bits per heavy atom. The summed E-state index contributed by atoms with van der Waals surface area (Å²) < 4.78 is 4.71. The van der Waals surface area contributed by atoms with Crippen LogP contribution < -0.4 is 0 Å². The van der Waals surface area contributed by atoms with Crippen molar-refractivity contribution in [1.82, 2.24) is 0 Å². The predicted molar refractivity (Wildman–Crippen MR) is 51.8 cm³/mol. The molecule has 4 heteroatoms. The molecular weight excluding hydrogens is 184 g/mol. The molecule has 0 saturated carbocycles. The number of allylic oxidation sites excluding steroid dienone is 1. The number of esters is 1. The van der Waals surface area contributed by atoms with E-state index < -0.39 is 11.9 Å². The maximum atomic E-state index is 10.8. The standard InChI is InChI=1S/C10H14O4/c1-8(2)4-3-7-14-10(13)6-5-9(11)12/h5-6H,1,3-4,7H2,2H3,(H,11,12)/b6-5+. The zero-order valence-electron chi connectivity index (χ0n) is 8.16. The summed E-state index contributed by atoms with van der Waals surface area (Å²) >= 11 is 0. The first-order valence-corrected chi connectivity index (χ1v) is 4.24. The molecule has 0 amide bonds. The van der Waals surface area contributed by atoms with Gasteiger partial charge >= 0.3 is 11.9 Å². The Bertz CT molecular complexity index is 253. The molecule has 0 aromatic carbocycles. The van der Waals surface area contributed by atoms with Gasteiger partial charge in [-0.25, -0.2) is 9.59 Å². The quantitative estimate of drug-likeness (QED) is 0.304. The Morgan fingerprint density at radius 3 is 2.57 bits per heavy atom. The van der Waals surface area contributed by atoms with Crippen molar-refractivity contribution < 1.29 is 19.4 Å². The average molecular weight is 198 g/mol. The number of carbonyl (C=O) groups excluding carboxylic acids is 1. The van der Waals surface area contributed by atoms with Gasteiger partial charge in [0.2, 0.25) is 0 Å². The topological polar surface area (TPSA) is 63.6 Å². The lowest BCUT2D eigenvalue weighted by Gasteiger charge is -2.00. The molecule has 4 nitrogen and oxygen atoms in total. The van der Waals surface area contributed by atoms with E-state index in [4.69, 9.17) is 9.84 Å². The van der Waals surface area contributed by atoms with E-state index in [1.165, 1.54) is 0 Å². The molecule has 0 radical (unpaired) electrons. The Labute approximate surface area is 82.9 Å². The SMILES string of the molecule is C=C(C)CCCOC(=O)/C=C/C(=O)O. The van der Waals surface area contributed by atoms with E-state index in [1.54, 1.807) is 0 Å². The first-order valence-electron chi connectivity index (χ1n) is 4.24. The summed E-state index contributed by atoms with van der Waals surface area (Å²) in [7, 11) is 0. The van der Waals surface area contributed by atoms with Crippen molar-refractivity contribution >= 4 is 11.9 Å². The minimum Gasteiger partial charge on any atom is -0.478 e. The Morgan fingerprint density at radius 1 is 1.43 bits per heavy atom. The maximum Gasteiger partial charge on any atom is 0.331 e. The molecule has 0 spiro atoms. The van der Waals surface area contributed by atoms with Gasteiger partial charge in [0.05, 0.1) is 6.61 Å². The van der Waals surface area contributed by atoms with Crippen LogP contribution in [-0.2, 0) is 14.3 Å². The zero-order valence-corrected chi connectivity index (χ0v) is 8.16. The van der Waals surface area contributed by atoms with Crippen LogP contribution in [0.4, 0.5) is 0 Å². The van der Waals surface area contributed by atoms with Crippen LogP contribution in [0, 0.1) is 0 Å². The van der Waals surface area contributed by atoms with Crippen molar-refractivity contribution in [2.24, 2.45) is 0 Å². The number of hydrogen-bond acceptors (Lipinski definition) is 3. The smallest absolute Gasteiger partial charge is 0.331 e. The molecule has 0 aliphatic rings. The Kier molecular flexibility index (Phi) is 6.11. The van der Waals surface area contributed by atoms with Gasteiger partial charge in [-0.1, -0.05) is 5.57 Å². The van der Waals surface area contributed by atoms with Gasteiger partial charge in [-0.15, -0.1) is 6.58 Å². The largest absolute Gasteiger partial charge is 0.478 e. The molecular formula is C10H14O4. The molecule has 0 saturated heterocycles. The lowest BCUT2D eigenvalue weighted by atomic mass is 10.2. The summed E-state index contributed by atoms with van der Waals surface area (Å²) in [6.07, 6.45) is 3.15. The third-order valence-electron chi connectivity index (χ3n) is 1.35. The lowest BCUT2D eigenvalue weighted by molar-refractivity contribution is -0.138. The molecule has 0 aliphatic heterocycles. The van der Waals surface area contributed by atoms with Gasteiger partial charge in [0.25, 0.3) is 0 Å². The summed E-state index contributed by atoms with van der Waals surface area (Å²) in [4.78, 5) is 20.8. The third kappa shape index (κ3) is 8.52. The van der Waals surface area contributed by atoms with E-state index in [0.29, 0.717) is 6.42 Å². The monoisotopic (exact) mass is 198 g/mol. The number of carboxylic acids is 1. The van der Waals surface area contributed by atoms with E-state index in [0.717, 1.165) is 24.1 Å². The molecule has 0 heterocycles. The van der Waals surface area contributed by atoms with Crippen molar-refractivity contribution in [3.05, 3.63) is 24.3 Å². The second-order valence-electron chi connectivity index (χ2n) is 2.90. The number of aliphatic carboxylic acids is 1. The molecule has 14 heavy (non-hydrogen) atoms. The van der Waals surface area contributed by atoms with Crippen molar-refractivity contribution in [1.29, 1.82) is 0 Å². The fraction of sp³-hybridized carbons (Fsp3) is 0.400. The van der Waals surface area contributed by atoms with Gasteiger partial charge in [-0.3, -0.25) is 0 Å². The van der Waals surface area contributed by atoms with Crippen LogP contribution in [-0.4, -0.2) is 23.7 Å². The van der Waals surface area contributed by atoms with Crippen LogP contribution in [0.3, 0.4) is 0 Å². The average Bonchev–Trinajstić information content (AvgIpc) is 2.08. The predicted octanol–water partition coefficient (Wildman–Crippen LogP) is 1.53. The van der Waals surface area contributed by atoms with Gasteiger partial charge in [-0.05, 0) is 19.8 Å². The van der Waals surface area contributed by atoms with E-state index in [2.05, 4.69) is 6.58 Å². The summed E-state index contributed by atoms with van der Waals surface area (Å²) in [5.41, 5.74) is 1.03. The van der Waals surface area contributed by atoms with Crippen LogP contribution in [0.25, 0.3) is 0 Å². The van der Waals surface area contributed by atoms with Crippen molar-refractivity contribution in [2.45, 2.75) is 19.8 Å². The zero-order chi connectivity index (χ0) is 11.0. The van der Waals surface area contributed by atoms with Crippen molar-refractivity contribution in [3.8, 4) is 0 Å². The molecule has 0 aliphatic carbocycles. The van der Waals surface area contributed by atoms with Crippen LogP contribution in [0.5, 0.6) is 0 Å². The van der Waals surface area contributed by atoms with Gasteiger partial charge in [0.15, 0.2) is 0 Å². The van der Waals surface area contributed by atoms with Gasteiger partial charge in [-0.2, -0.15) is 0 Å². The normalized spacial score (nSPS) is 10.1. The Balaban J connectivity index is 3.55. The molecule has 0 atom stereocenters. The highest BCUT2D eigenvalue weighted by molar-refractivity contribution is 5.90. The third-order valence-corrected chi connectivity index (χ3v) is 1.35. The summed E-state index contributed by atoms with van der Waals surface area (Å²) in [5.74, 6) is -1.79. The molecule has 0 fully saturated rings. The second kappa shape index (κ2) is 6.88. The summed E-state index contributed by atoms with van der Waals surface area (Å²) in [6.45, 7) is 5.88. The second-order valence-corrected chi connectivity index (χ2v) is 2.90. The molecule has 0 aromatic heterocycles. The van der Waals surface area contributed by atoms with Crippen LogP contribution >= 0.6 is 0 Å². The number of carbonyl (C=O) groups is 2.